The van der Waals surface area contributed by atoms with E-state index in [1.54, 1.807) is 11.9 Å². The summed E-state index contributed by atoms with van der Waals surface area (Å²) in [4.78, 5) is 15.8. The Hall–Kier alpha value is -1.08. The molecular weight excluding hydrogens is 214 g/mol. The van der Waals surface area contributed by atoms with Crippen molar-refractivity contribution in [1.82, 2.24) is 9.80 Å². The minimum absolute atomic E-state index is 0.146. The number of likely N-dealkylation sites (tertiary alicyclic amines) is 1. The fourth-order valence-corrected chi connectivity index (χ4v) is 2.22. The summed E-state index contributed by atoms with van der Waals surface area (Å²) in [6.45, 7) is 8.15. The summed E-state index contributed by atoms with van der Waals surface area (Å²) in [5, 5.41) is 8.46. The predicted molar refractivity (Wildman–Crippen MR) is 67.3 cm³/mol. The highest BCUT2D eigenvalue weighted by molar-refractivity contribution is 5.76. The van der Waals surface area contributed by atoms with Gasteiger partial charge in [-0.15, -0.1) is 0 Å². The molecular formula is C13H23N3O. The molecule has 1 amide bonds. The number of carbonyl (C=O) groups is 1. The van der Waals surface area contributed by atoms with Crippen LogP contribution in [0.2, 0.25) is 0 Å². The molecule has 0 aromatic heterocycles. The van der Waals surface area contributed by atoms with Crippen LogP contribution in [0.5, 0.6) is 0 Å². The minimum Gasteiger partial charge on any atom is -0.345 e. The molecule has 1 saturated heterocycles. The van der Waals surface area contributed by atoms with Crippen molar-refractivity contribution in [2.45, 2.75) is 26.7 Å². The zero-order valence-electron chi connectivity index (χ0n) is 11.1. The Morgan fingerprint density at radius 1 is 1.41 bits per heavy atom. The Labute approximate surface area is 104 Å². The molecule has 96 valence electrons. The van der Waals surface area contributed by atoms with E-state index in [4.69, 9.17) is 5.26 Å². The lowest BCUT2D eigenvalue weighted by Gasteiger charge is -2.19. The van der Waals surface area contributed by atoms with Crippen LogP contribution in [-0.2, 0) is 4.79 Å². The van der Waals surface area contributed by atoms with Crippen molar-refractivity contribution in [3.8, 4) is 6.07 Å². The van der Waals surface area contributed by atoms with Gasteiger partial charge in [-0.2, -0.15) is 5.26 Å². The summed E-state index contributed by atoms with van der Waals surface area (Å²) in [5.41, 5.74) is 0. The molecule has 4 nitrogen and oxygen atoms in total. The molecule has 2 unspecified atom stereocenters. The molecule has 0 bridgehead atoms. The van der Waals surface area contributed by atoms with E-state index in [1.807, 2.05) is 0 Å². The first kappa shape index (κ1) is 14.0. The second kappa shape index (κ2) is 6.61. The van der Waals surface area contributed by atoms with Gasteiger partial charge >= 0.3 is 0 Å². The molecule has 1 fully saturated rings. The standard InChI is InChI=1S/C13H23N3O/c1-11-9-16(10-12(11)2)8-5-13(17)15(3)7-4-6-14/h11-12H,4-5,7-10H2,1-3H3. The molecule has 0 spiro atoms. The van der Waals surface area contributed by atoms with Crippen LogP contribution in [0.3, 0.4) is 0 Å². The molecule has 0 N–H and O–H groups in total. The Morgan fingerprint density at radius 2 is 2.00 bits per heavy atom. The van der Waals surface area contributed by atoms with Crippen LogP contribution in [0.15, 0.2) is 0 Å². The summed E-state index contributed by atoms with van der Waals surface area (Å²) < 4.78 is 0. The summed E-state index contributed by atoms with van der Waals surface area (Å²) in [5.74, 6) is 1.62. The highest BCUT2D eigenvalue weighted by Crippen LogP contribution is 2.21. The zero-order valence-corrected chi connectivity index (χ0v) is 11.1. The highest BCUT2D eigenvalue weighted by Gasteiger charge is 2.26. The van der Waals surface area contributed by atoms with E-state index in [-0.39, 0.29) is 5.91 Å². The maximum atomic E-state index is 11.8. The molecule has 4 heteroatoms. The molecule has 0 aromatic rings. The number of carbonyl (C=O) groups excluding carboxylic acids is 1. The molecule has 17 heavy (non-hydrogen) atoms. The first-order chi connectivity index (χ1) is 8.04. The van der Waals surface area contributed by atoms with E-state index >= 15 is 0 Å². The van der Waals surface area contributed by atoms with Crippen LogP contribution < -0.4 is 0 Å². The van der Waals surface area contributed by atoms with Crippen molar-refractivity contribution in [3.05, 3.63) is 0 Å². The van der Waals surface area contributed by atoms with Crippen molar-refractivity contribution in [2.24, 2.45) is 11.8 Å². The average Bonchev–Trinajstić information content (AvgIpc) is 2.62. The Morgan fingerprint density at radius 3 is 2.53 bits per heavy atom. The molecule has 0 saturated carbocycles. The summed E-state index contributed by atoms with van der Waals surface area (Å²) >= 11 is 0. The van der Waals surface area contributed by atoms with Crippen molar-refractivity contribution in [3.63, 3.8) is 0 Å². The normalized spacial score (nSPS) is 24.6. The van der Waals surface area contributed by atoms with Gasteiger partial charge in [-0.1, -0.05) is 13.8 Å². The van der Waals surface area contributed by atoms with Crippen molar-refractivity contribution in [2.75, 3.05) is 33.2 Å². The lowest BCUT2D eigenvalue weighted by Crippen LogP contribution is -2.32. The first-order valence-corrected chi connectivity index (χ1v) is 6.38. The van der Waals surface area contributed by atoms with E-state index in [9.17, 15) is 4.79 Å². The molecule has 1 rings (SSSR count). The number of rotatable bonds is 5. The topological polar surface area (TPSA) is 47.3 Å². The quantitative estimate of drug-likeness (QED) is 0.725. The fourth-order valence-electron chi connectivity index (χ4n) is 2.22. The van der Waals surface area contributed by atoms with Gasteiger partial charge in [0.15, 0.2) is 0 Å². The summed E-state index contributed by atoms with van der Waals surface area (Å²) in [6.07, 6.45) is 0.987. The van der Waals surface area contributed by atoms with Crippen LogP contribution in [-0.4, -0.2) is 48.9 Å². The van der Waals surface area contributed by atoms with Crippen molar-refractivity contribution in [1.29, 1.82) is 5.26 Å². The van der Waals surface area contributed by atoms with Crippen LogP contribution >= 0.6 is 0 Å². The van der Waals surface area contributed by atoms with Gasteiger partial charge in [0.25, 0.3) is 0 Å². The second-order valence-electron chi connectivity index (χ2n) is 5.19. The van der Waals surface area contributed by atoms with Crippen molar-refractivity contribution >= 4 is 5.91 Å². The summed E-state index contributed by atoms with van der Waals surface area (Å²) in [7, 11) is 1.77. The van der Waals surface area contributed by atoms with Crippen LogP contribution in [0.1, 0.15) is 26.7 Å². The Balaban J connectivity index is 2.22. The van der Waals surface area contributed by atoms with Gasteiger partial charge in [0, 0.05) is 39.6 Å². The lowest BCUT2D eigenvalue weighted by molar-refractivity contribution is -0.130. The van der Waals surface area contributed by atoms with Crippen LogP contribution in [0.25, 0.3) is 0 Å². The van der Waals surface area contributed by atoms with E-state index in [0.29, 0.717) is 19.4 Å². The molecule has 1 heterocycles. The third-order valence-electron chi connectivity index (χ3n) is 3.69. The zero-order chi connectivity index (χ0) is 12.8. The number of amides is 1. The molecule has 1 aliphatic rings. The number of hydrogen-bond acceptors (Lipinski definition) is 3. The Bertz CT molecular complexity index is 288. The van der Waals surface area contributed by atoms with Gasteiger partial charge in [0.1, 0.15) is 0 Å². The third kappa shape index (κ3) is 4.35. The Kier molecular flexibility index (Phi) is 5.43. The molecule has 0 aromatic carbocycles. The maximum Gasteiger partial charge on any atom is 0.223 e. The fraction of sp³-hybridized carbons (Fsp3) is 0.846. The van der Waals surface area contributed by atoms with Crippen molar-refractivity contribution < 1.29 is 4.79 Å². The van der Waals surface area contributed by atoms with Gasteiger partial charge in [0.2, 0.25) is 5.91 Å². The van der Waals surface area contributed by atoms with Gasteiger partial charge < -0.3 is 9.80 Å². The molecule has 1 aliphatic heterocycles. The molecule has 0 radical (unpaired) electrons. The lowest BCUT2D eigenvalue weighted by atomic mass is 10.0. The van der Waals surface area contributed by atoms with Gasteiger partial charge in [-0.25, -0.2) is 0 Å². The van der Waals surface area contributed by atoms with Gasteiger partial charge in [-0.3, -0.25) is 4.79 Å². The minimum atomic E-state index is 0.146. The second-order valence-corrected chi connectivity index (χ2v) is 5.19. The first-order valence-electron chi connectivity index (χ1n) is 6.38. The molecule has 2 atom stereocenters. The SMILES string of the molecule is CC1CN(CCC(=O)N(C)CCC#N)CC1C. The average molecular weight is 237 g/mol. The number of nitriles is 1. The third-order valence-corrected chi connectivity index (χ3v) is 3.69. The highest BCUT2D eigenvalue weighted by atomic mass is 16.2. The van der Waals surface area contributed by atoms with E-state index in [1.165, 1.54) is 0 Å². The van der Waals surface area contributed by atoms with E-state index < -0.39 is 0 Å². The summed E-state index contributed by atoms with van der Waals surface area (Å²) in [6, 6.07) is 2.06. The number of hydrogen-bond donors (Lipinski definition) is 0. The van der Waals surface area contributed by atoms with Gasteiger partial charge in [0.05, 0.1) is 12.5 Å². The molecule has 0 aliphatic carbocycles. The smallest absolute Gasteiger partial charge is 0.223 e. The van der Waals surface area contributed by atoms with Gasteiger partial charge in [-0.05, 0) is 11.8 Å². The largest absolute Gasteiger partial charge is 0.345 e. The monoisotopic (exact) mass is 237 g/mol. The van der Waals surface area contributed by atoms with E-state index in [0.717, 1.165) is 31.5 Å². The maximum absolute atomic E-state index is 11.8. The number of nitrogens with zero attached hydrogens (tertiary/aromatic N) is 3. The van der Waals surface area contributed by atoms with E-state index in [2.05, 4.69) is 24.8 Å². The predicted octanol–water partition coefficient (Wildman–Crippen LogP) is 1.34. The van der Waals surface area contributed by atoms with Crippen LogP contribution in [0.4, 0.5) is 0 Å². The van der Waals surface area contributed by atoms with Crippen LogP contribution in [0, 0.1) is 23.2 Å².